The highest BCUT2D eigenvalue weighted by Gasteiger charge is 2.30. The van der Waals surface area contributed by atoms with E-state index in [4.69, 9.17) is 0 Å². The minimum absolute atomic E-state index is 0.188. The maximum atomic E-state index is 11.6. The molecule has 16 heavy (non-hydrogen) atoms. The first-order chi connectivity index (χ1) is 7.61. The minimum atomic E-state index is 0.188. The molecule has 0 saturated carbocycles. The van der Waals surface area contributed by atoms with Gasteiger partial charge in [0.25, 0.3) is 0 Å². The van der Waals surface area contributed by atoms with E-state index in [2.05, 4.69) is 38.1 Å². The Bertz CT molecular complexity index is 397. The van der Waals surface area contributed by atoms with Gasteiger partial charge in [0.05, 0.1) is 6.04 Å². The van der Waals surface area contributed by atoms with Crippen molar-refractivity contribution in [3.8, 4) is 0 Å². The van der Waals surface area contributed by atoms with Crippen molar-refractivity contribution in [3.63, 3.8) is 0 Å². The molecular formula is C14H19NO. The molecule has 2 rings (SSSR count). The summed E-state index contributed by atoms with van der Waals surface area (Å²) in [4.78, 5) is 13.7. The first-order valence-electron chi connectivity index (χ1n) is 5.96. The highest BCUT2D eigenvalue weighted by Crippen LogP contribution is 2.34. The number of carbonyl (C=O) groups excluding carboxylic acids is 1. The van der Waals surface area contributed by atoms with E-state index >= 15 is 0 Å². The predicted octanol–water partition coefficient (Wildman–Crippen LogP) is 2.79. The fourth-order valence-electron chi connectivity index (χ4n) is 2.67. The molecule has 1 unspecified atom stereocenters. The Labute approximate surface area is 97.3 Å². The van der Waals surface area contributed by atoms with Crippen LogP contribution < -0.4 is 0 Å². The summed E-state index contributed by atoms with van der Waals surface area (Å²) in [6.07, 6.45) is 0.985. The third-order valence-corrected chi connectivity index (χ3v) is 3.37. The average Bonchev–Trinajstić information content (AvgIpc) is 2.27. The third kappa shape index (κ3) is 1.84. The number of fused-ring (bicyclic) bond motifs is 1. The van der Waals surface area contributed by atoms with E-state index in [1.54, 1.807) is 6.92 Å². The fraction of sp³-hybridized carbons (Fsp3) is 0.500. The van der Waals surface area contributed by atoms with E-state index in [1.165, 1.54) is 11.1 Å². The Hall–Kier alpha value is -1.31. The minimum Gasteiger partial charge on any atom is -0.335 e. The largest absolute Gasteiger partial charge is 0.335 e. The number of benzene rings is 1. The molecule has 1 aromatic rings. The molecule has 1 aliphatic heterocycles. The molecule has 0 saturated heterocycles. The second-order valence-corrected chi connectivity index (χ2v) is 4.85. The molecule has 1 heterocycles. The van der Waals surface area contributed by atoms with Crippen LogP contribution in [0, 0.1) is 5.92 Å². The highest BCUT2D eigenvalue weighted by atomic mass is 16.2. The number of amides is 1. The Balaban J connectivity index is 2.43. The summed E-state index contributed by atoms with van der Waals surface area (Å²) in [5, 5.41) is 0. The van der Waals surface area contributed by atoms with Crippen LogP contribution in [-0.2, 0) is 11.2 Å². The molecule has 2 nitrogen and oxygen atoms in total. The molecular weight excluding hydrogens is 198 g/mol. The van der Waals surface area contributed by atoms with Crippen LogP contribution in [0.3, 0.4) is 0 Å². The van der Waals surface area contributed by atoms with E-state index in [9.17, 15) is 4.79 Å². The van der Waals surface area contributed by atoms with Crippen LogP contribution in [-0.4, -0.2) is 17.4 Å². The van der Waals surface area contributed by atoms with Gasteiger partial charge in [0.1, 0.15) is 0 Å². The lowest BCUT2D eigenvalue weighted by Crippen LogP contribution is -2.40. The fourth-order valence-corrected chi connectivity index (χ4v) is 2.67. The maximum Gasteiger partial charge on any atom is 0.219 e. The Morgan fingerprint density at radius 1 is 1.38 bits per heavy atom. The lowest BCUT2D eigenvalue weighted by atomic mass is 9.86. The molecule has 1 aliphatic rings. The normalized spacial score (nSPS) is 19.8. The smallest absolute Gasteiger partial charge is 0.219 e. The second-order valence-electron chi connectivity index (χ2n) is 4.85. The molecule has 0 fully saturated rings. The van der Waals surface area contributed by atoms with Crippen LogP contribution in [0.15, 0.2) is 24.3 Å². The number of nitrogens with zero attached hydrogens (tertiary/aromatic N) is 1. The monoisotopic (exact) mass is 217 g/mol. The van der Waals surface area contributed by atoms with Gasteiger partial charge in [0.2, 0.25) is 5.91 Å². The van der Waals surface area contributed by atoms with Gasteiger partial charge in [0.15, 0.2) is 0 Å². The zero-order valence-corrected chi connectivity index (χ0v) is 10.2. The quantitative estimate of drug-likeness (QED) is 0.708. The number of rotatable bonds is 1. The van der Waals surface area contributed by atoms with Crippen molar-refractivity contribution in [2.24, 2.45) is 5.92 Å². The first kappa shape index (κ1) is 11.2. The highest BCUT2D eigenvalue weighted by molar-refractivity contribution is 5.74. The van der Waals surface area contributed by atoms with Gasteiger partial charge in [-0.05, 0) is 23.5 Å². The van der Waals surface area contributed by atoms with Crippen LogP contribution in [0.5, 0.6) is 0 Å². The summed E-state index contributed by atoms with van der Waals surface area (Å²) in [6, 6.07) is 8.75. The van der Waals surface area contributed by atoms with Crippen LogP contribution in [0.4, 0.5) is 0 Å². The zero-order valence-electron chi connectivity index (χ0n) is 10.2. The SMILES string of the molecule is CC(=O)N1CCc2ccccc2C1C(C)C. The molecule has 1 atom stereocenters. The van der Waals surface area contributed by atoms with E-state index in [0.29, 0.717) is 5.92 Å². The van der Waals surface area contributed by atoms with Gasteiger partial charge >= 0.3 is 0 Å². The van der Waals surface area contributed by atoms with Gasteiger partial charge in [-0.25, -0.2) is 0 Å². The number of carbonyl (C=O) groups is 1. The molecule has 0 aromatic heterocycles. The van der Waals surface area contributed by atoms with Crippen LogP contribution in [0.25, 0.3) is 0 Å². The summed E-state index contributed by atoms with van der Waals surface area (Å²) >= 11 is 0. The van der Waals surface area contributed by atoms with Crippen LogP contribution in [0.2, 0.25) is 0 Å². The summed E-state index contributed by atoms with van der Waals surface area (Å²) in [6.45, 7) is 6.89. The van der Waals surface area contributed by atoms with Crippen molar-refractivity contribution in [2.45, 2.75) is 33.2 Å². The van der Waals surface area contributed by atoms with Crippen LogP contribution in [0.1, 0.15) is 37.9 Å². The van der Waals surface area contributed by atoms with Crippen LogP contribution >= 0.6 is 0 Å². The van der Waals surface area contributed by atoms with Crippen molar-refractivity contribution in [3.05, 3.63) is 35.4 Å². The summed E-state index contributed by atoms with van der Waals surface area (Å²) < 4.78 is 0. The average molecular weight is 217 g/mol. The van der Waals surface area contributed by atoms with Crippen molar-refractivity contribution >= 4 is 5.91 Å². The van der Waals surface area contributed by atoms with E-state index in [-0.39, 0.29) is 11.9 Å². The van der Waals surface area contributed by atoms with Gasteiger partial charge in [-0.15, -0.1) is 0 Å². The third-order valence-electron chi connectivity index (χ3n) is 3.37. The predicted molar refractivity (Wildman–Crippen MR) is 65.1 cm³/mol. The van der Waals surface area contributed by atoms with Gasteiger partial charge in [-0.1, -0.05) is 38.1 Å². The van der Waals surface area contributed by atoms with Crippen molar-refractivity contribution in [1.29, 1.82) is 0 Å². The molecule has 1 aromatic carbocycles. The summed E-state index contributed by atoms with van der Waals surface area (Å²) in [7, 11) is 0. The van der Waals surface area contributed by atoms with Gasteiger partial charge in [0, 0.05) is 13.5 Å². The zero-order chi connectivity index (χ0) is 11.7. The van der Waals surface area contributed by atoms with Gasteiger partial charge in [-0.2, -0.15) is 0 Å². The van der Waals surface area contributed by atoms with E-state index in [0.717, 1.165) is 13.0 Å². The van der Waals surface area contributed by atoms with Crippen molar-refractivity contribution in [1.82, 2.24) is 4.90 Å². The lowest BCUT2D eigenvalue weighted by Gasteiger charge is -2.39. The molecule has 86 valence electrons. The molecule has 0 radical (unpaired) electrons. The van der Waals surface area contributed by atoms with E-state index in [1.807, 2.05) is 4.90 Å². The Kier molecular flexibility index (Phi) is 2.99. The molecule has 0 aliphatic carbocycles. The Morgan fingerprint density at radius 2 is 2.06 bits per heavy atom. The molecule has 1 amide bonds. The lowest BCUT2D eigenvalue weighted by molar-refractivity contribution is -0.132. The van der Waals surface area contributed by atoms with Gasteiger partial charge in [-0.3, -0.25) is 4.79 Å². The Morgan fingerprint density at radius 3 is 2.69 bits per heavy atom. The summed E-state index contributed by atoms with van der Waals surface area (Å²) in [5.41, 5.74) is 2.73. The first-order valence-corrected chi connectivity index (χ1v) is 5.96. The van der Waals surface area contributed by atoms with E-state index < -0.39 is 0 Å². The maximum absolute atomic E-state index is 11.6. The van der Waals surface area contributed by atoms with Crippen molar-refractivity contribution in [2.75, 3.05) is 6.54 Å². The number of hydrogen-bond donors (Lipinski definition) is 0. The molecule has 0 spiro atoms. The molecule has 0 N–H and O–H groups in total. The topological polar surface area (TPSA) is 20.3 Å². The summed E-state index contributed by atoms with van der Waals surface area (Å²) in [5.74, 6) is 0.651. The number of hydrogen-bond acceptors (Lipinski definition) is 1. The standard InChI is InChI=1S/C14H19NO/c1-10(2)14-13-7-5-4-6-12(13)8-9-15(14)11(3)16/h4-7,10,14H,8-9H2,1-3H3. The van der Waals surface area contributed by atoms with Crippen molar-refractivity contribution < 1.29 is 4.79 Å². The molecule has 2 heteroatoms. The second kappa shape index (κ2) is 4.28. The van der Waals surface area contributed by atoms with Gasteiger partial charge < -0.3 is 4.90 Å². The molecule has 0 bridgehead atoms.